The van der Waals surface area contributed by atoms with Crippen molar-refractivity contribution >= 4 is 23.0 Å². The van der Waals surface area contributed by atoms with Gasteiger partial charge in [-0.3, -0.25) is 4.99 Å². The molecule has 0 saturated heterocycles. The smallest absolute Gasteiger partial charge is 0.229 e. The molecule has 0 spiro atoms. The average molecular weight is 635 g/mol. The molecule has 6 rings (SSSR count). The second-order valence-corrected chi connectivity index (χ2v) is 15.3. The summed E-state index contributed by atoms with van der Waals surface area (Å²) in [5, 5.41) is 11.3. The minimum Gasteiger partial charge on any atom is -0.507 e. The Morgan fingerprint density at radius 3 is 2.00 bits per heavy atom. The molecule has 1 aromatic heterocycles. The van der Waals surface area contributed by atoms with Crippen molar-refractivity contribution in [2.75, 3.05) is 0 Å². The first-order chi connectivity index (χ1) is 22.8. The fraction of sp³-hybridized carbons (Fsp3) is 0.273. The Kier molecular flexibility index (Phi) is 8.87. The number of phenolic OH excluding ortho intramolecular Hbond substituents is 1. The summed E-state index contributed by atoms with van der Waals surface area (Å²) in [6.07, 6.45) is 2.85. The van der Waals surface area contributed by atoms with Crippen LogP contribution in [0.5, 0.6) is 5.75 Å². The van der Waals surface area contributed by atoms with Gasteiger partial charge in [-0.25, -0.2) is 4.98 Å². The van der Waals surface area contributed by atoms with Gasteiger partial charge in [0.1, 0.15) is 11.3 Å². The first-order valence-electron chi connectivity index (χ1n) is 16.9. The third-order valence-corrected chi connectivity index (χ3v) is 8.84. The highest BCUT2D eigenvalue weighted by Crippen LogP contribution is 2.39. The lowest BCUT2D eigenvalue weighted by Crippen LogP contribution is -2.17. The van der Waals surface area contributed by atoms with Crippen molar-refractivity contribution in [1.29, 1.82) is 0 Å². The summed E-state index contributed by atoms with van der Waals surface area (Å²) < 4.78 is 6.36. The number of fused-ring (bicyclic) bond motifs is 1. The molecule has 5 aromatic carbocycles. The van der Waals surface area contributed by atoms with E-state index in [1.165, 1.54) is 16.7 Å². The summed E-state index contributed by atoms with van der Waals surface area (Å²) in [6, 6.07) is 35.6. The first-order valence-corrected chi connectivity index (χ1v) is 16.9. The zero-order chi connectivity index (χ0) is 34.2. The van der Waals surface area contributed by atoms with E-state index in [1.807, 2.05) is 42.5 Å². The molecule has 4 heteroatoms. The van der Waals surface area contributed by atoms with Crippen LogP contribution in [0.1, 0.15) is 77.6 Å². The number of rotatable bonds is 7. The molecular weight excluding hydrogens is 588 g/mol. The van der Waals surface area contributed by atoms with E-state index >= 15 is 0 Å². The summed E-state index contributed by atoms with van der Waals surface area (Å²) in [4.78, 5) is 9.89. The lowest BCUT2D eigenvalue weighted by Gasteiger charge is -2.27. The van der Waals surface area contributed by atoms with E-state index in [0.717, 1.165) is 45.3 Å². The van der Waals surface area contributed by atoms with Crippen molar-refractivity contribution in [3.05, 3.63) is 125 Å². The SMILES string of the molecule is CC(C)Cc1ccc(-c2ccc(-c3cccc4oc(-c5ccccc5N=Cc5cc(C(C)(C)C)cc(C(C)(C)C)c5O)nc34)cc2)cc1. The van der Waals surface area contributed by atoms with Crippen LogP contribution >= 0.6 is 0 Å². The molecule has 0 aliphatic rings. The van der Waals surface area contributed by atoms with Crippen LogP contribution in [0.25, 0.3) is 44.8 Å². The van der Waals surface area contributed by atoms with Gasteiger partial charge in [0.25, 0.3) is 0 Å². The Morgan fingerprint density at radius 1 is 0.729 bits per heavy atom. The van der Waals surface area contributed by atoms with Gasteiger partial charge in [0, 0.05) is 22.9 Å². The molecule has 0 aliphatic carbocycles. The van der Waals surface area contributed by atoms with Crippen LogP contribution in [0.15, 0.2) is 113 Å². The lowest BCUT2D eigenvalue weighted by atomic mass is 9.79. The number of hydrogen-bond acceptors (Lipinski definition) is 4. The molecular formula is C44H46N2O2. The predicted octanol–water partition coefficient (Wildman–Crippen LogP) is 12.1. The minimum absolute atomic E-state index is 0.0802. The quantitative estimate of drug-likeness (QED) is 0.178. The fourth-order valence-electron chi connectivity index (χ4n) is 6.11. The topological polar surface area (TPSA) is 58.6 Å². The van der Waals surface area contributed by atoms with Crippen LogP contribution in [0.2, 0.25) is 0 Å². The maximum absolute atomic E-state index is 11.3. The number of aliphatic imine (C=N–C) groups is 1. The summed E-state index contributed by atoms with van der Waals surface area (Å²) in [5.41, 5.74) is 11.3. The zero-order valence-corrected chi connectivity index (χ0v) is 29.4. The molecule has 1 heterocycles. The third kappa shape index (κ3) is 6.99. The summed E-state index contributed by atoms with van der Waals surface area (Å²) in [6.45, 7) is 17.4. The van der Waals surface area contributed by atoms with Gasteiger partial charge in [-0.05, 0) is 75.3 Å². The number of hydrogen-bond donors (Lipinski definition) is 1. The van der Waals surface area contributed by atoms with E-state index in [-0.39, 0.29) is 16.6 Å². The van der Waals surface area contributed by atoms with Gasteiger partial charge in [0.05, 0.1) is 11.3 Å². The van der Waals surface area contributed by atoms with Crippen molar-refractivity contribution in [2.45, 2.75) is 72.6 Å². The summed E-state index contributed by atoms with van der Waals surface area (Å²) >= 11 is 0. The van der Waals surface area contributed by atoms with Gasteiger partial charge >= 0.3 is 0 Å². The highest BCUT2D eigenvalue weighted by atomic mass is 16.3. The summed E-state index contributed by atoms with van der Waals surface area (Å²) in [7, 11) is 0. The lowest BCUT2D eigenvalue weighted by molar-refractivity contribution is 0.444. The maximum Gasteiger partial charge on any atom is 0.229 e. The normalized spacial score (nSPS) is 12.4. The van der Waals surface area contributed by atoms with Crippen molar-refractivity contribution in [3.8, 4) is 39.5 Å². The molecule has 6 aromatic rings. The number of benzene rings is 5. The number of aromatic nitrogens is 1. The Bertz CT molecular complexity index is 2080. The fourth-order valence-corrected chi connectivity index (χ4v) is 6.11. The van der Waals surface area contributed by atoms with Gasteiger partial charge in [-0.15, -0.1) is 0 Å². The second kappa shape index (κ2) is 12.9. The number of oxazole rings is 1. The molecule has 1 N–H and O–H groups in total. The first kappa shape index (κ1) is 33.0. The van der Waals surface area contributed by atoms with Gasteiger partial charge in [0.15, 0.2) is 5.58 Å². The molecule has 0 bridgehead atoms. The molecule has 0 fully saturated rings. The third-order valence-electron chi connectivity index (χ3n) is 8.84. The molecule has 0 saturated carbocycles. The number of phenols is 1. The largest absolute Gasteiger partial charge is 0.507 e. The second-order valence-electron chi connectivity index (χ2n) is 15.3. The van der Waals surface area contributed by atoms with Crippen molar-refractivity contribution < 1.29 is 9.52 Å². The van der Waals surface area contributed by atoms with Crippen LogP contribution in [0.4, 0.5) is 5.69 Å². The minimum atomic E-state index is -0.221. The van der Waals surface area contributed by atoms with Crippen LogP contribution in [0.3, 0.4) is 0 Å². The Labute approximate surface area is 285 Å². The molecule has 48 heavy (non-hydrogen) atoms. The van der Waals surface area contributed by atoms with Crippen LogP contribution in [0, 0.1) is 5.92 Å². The van der Waals surface area contributed by atoms with Gasteiger partial charge < -0.3 is 9.52 Å². The van der Waals surface area contributed by atoms with Crippen molar-refractivity contribution in [3.63, 3.8) is 0 Å². The van der Waals surface area contributed by atoms with E-state index in [0.29, 0.717) is 23.1 Å². The van der Waals surface area contributed by atoms with E-state index < -0.39 is 0 Å². The maximum atomic E-state index is 11.3. The van der Waals surface area contributed by atoms with Gasteiger partial charge in [-0.2, -0.15) is 0 Å². The molecule has 0 amide bonds. The Balaban J connectivity index is 1.33. The molecule has 0 aliphatic heterocycles. The molecule has 4 nitrogen and oxygen atoms in total. The highest BCUT2D eigenvalue weighted by molar-refractivity contribution is 5.94. The predicted molar refractivity (Wildman–Crippen MR) is 202 cm³/mol. The van der Waals surface area contributed by atoms with Crippen molar-refractivity contribution in [1.82, 2.24) is 4.98 Å². The summed E-state index contributed by atoms with van der Waals surface area (Å²) in [5.74, 6) is 1.41. The van der Waals surface area contributed by atoms with E-state index in [4.69, 9.17) is 14.4 Å². The highest BCUT2D eigenvalue weighted by Gasteiger charge is 2.25. The molecule has 244 valence electrons. The Hall–Kier alpha value is -4.96. The van der Waals surface area contributed by atoms with E-state index in [9.17, 15) is 5.11 Å². The monoisotopic (exact) mass is 634 g/mol. The molecule has 0 atom stereocenters. The van der Waals surface area contributed by atoms with Crippen LogP contribution in [-0.4, -0.2) is 16.3 Å². The number of nitrogens with zero attached hydrogens (tertiary/aromatic N) is 2. The van der Waals surface area contributed by atoms with E-state index in [1.54, 1.807) is 6.21 Å². The Morgan fingerprint density at radius 2 is 1.35 bits per heavy atom. The molecule has 0 unspecified atom stereocenters. The van der Waals surface area contributed by atoms with E-state index in [2.05, 4.69) is 116 Å². The molecule has 0 radical (unpaired) electrons. The van der Waals surface area contributed by atoms with Crippen LogP contribution in [-0.2, 0) is 17.3 Å². The van der Waals surface area contributed by atoms with Gasteiger partial charge in [-0.1, -0.05) is 134 Å². The average Bonchev–Trinajstić information content (AvgIpc) is 3.48. The van der Waals surface area contributed by atoms with Crippen molar-refractivity contribution in [2.24, 2.45) is 10.9 Å². The number of para-hydroxylation sites is 2. The standard InChI is InChI=1S/C44H46N2O2/c1-28(2)24-29-16-18-30(19-17-29)31-20-22-32(23-21-31)35-13-11-15-39-40(35)46-42(48-39)36-12-9-10-14-38(36)45-27-33-25-34(43(3,4)5)26-37(41(33)47)44(6,7)8/h9-23,25-28,47H,24H2,1-8H3. The zero-order valence-electron chi connectivity index (χ0n) is 29.4. The number of aromatic hydroxyl groups is 1. The van der Waals surface area contributed by atoms with Crippen LogP contribution < -0.4 is 0 Å². The van der Waals surface area contributed by atoms with Gasteiger partial charge in [0.2, 0.25) is 5.89 Å².